The van der Waals surface area contributed by atoms with E-state index in [9.17, 15) is 8.42 Å². The second-order valence-corrected chi connectivity index (χ2v) is 6.98. The van der Waals surface area contributed by atoms with Crippen LogP contribution >= 0.6 is 22.7 Å². The molecule has 0 aliphatic heterocycles. The van der Waals surface area contributed by atoms with E-state index in [2.05, 4.69) is 14.9 Å². The van der Waals surface area contributed by atoms with Crippen LogP contribution in [0.4, 0.5) is 5.13 Å². The SMILES string of the molecule is CC(NS(=O)(=O)c1nnc(N)s1)c1ccsc1. The molecule has 0 radical (unpaired) electrons. The van der Waals surface area contributed by atoms with E-state index in [1.807, 2.05) is 16.8 Å². The molecule has 3 N–H and O–H groups in total. The molecule has 17 heavy (non-hydrogen) atoms. The monoisotopic (exact) mass is 290 g/mol. The first-order chi connectivity index (χ1) is 7.99. The maximum Gasteiger partial charge on any atom is 0.270 e. The van der Waals surface area contributed by atoms with Crippen LogP contribution in [0.15, 0.2) is 21.2 Å². The second kappa shape index (κ2) is 4.69. The van der Waals surface area contributed by atoms with Gasteiger partial charge in [-0.3, -0.25) is 0 Å². The van der Waals surface area contributed by atoms with Crippen LogP contribution in [0.3, 0.4) is 0 Å². The van der Waals surface area contributed by atoms with E-state index in [1.165, 1.54) is 11.3 Å². The van der Waals surface area contributed by atoms with E-state index < -0.39 is 10.0 Å². The Hall–Kier alpha value is -1.03. The molecule has 0 saturated heterocycles. The highest BCUT2D eigenvalue weighted by molar-refractivity contribution is 7.91. The average molecular weight is 290 g/mol. The summed E-state index contributed by atoms with van der Waals surface area (Å²) < 4.78 is 26.2. The fourth-order valence-corrected chi connectivity index (χ4v) is 3.99. The fourth-order valence-electron chi connectivity index (χ4n) is 1.20. The van der Waals surface area contributed by atoms with Crippen LogP contribution in [0.5, 0.6) is 0 Å². The highest BCUT2D eigenvalue weighted by Crippen LogP contribution is 2.21. The molecule has 0 aromatic carbocycles. The molecule has 0 aliphatic rings. The third-order valence-electron chi connectivity index (χ3n) is 2.03. The topological polar surface area (TPSA) is 98.0 Å². The summed E-state index contributed by atoms with van der Waals surface area (Å²) in [5, 5.41) is 10.9. The smallest absolute Gasteiger partial charge is 0.270 e. The van der Waals surface area contributed by atoms with Gasteiger partial charge in [-0.1, -0.05) is 11.3 Å². The molecule has 0 amide bonds. The minimum atomic E-state index is -3.65. The Kier molecular flexibility index (Phi) is 3.43. The highest BCUT2D eigenvalue weighted by Gasteiger charge is 2.22. The average Bonchev–Trinajstić information content (AvgIpc) is 2.86. The van der Waals surface area contributed by atoms with Gasteiger partial charge in [0.2, 0.25) is 9.47 Å². The normalized spacial score (nSPS) is 13.7. The van der Waals surface area contributed by atoms with Gasteiger partial charge < -0.3 is 5.73 Å². The van der Waals surface area contributed by atoms with Gasteiger partial charge in [0.25, 0.3) is 10.0 Å². The molecule has 1 atom stereocenters. The van der Waals surface area contributed by atoms with Crippen LogP contribution in [0, 0.1) is 0 Å². The predicted molar refractivity (Wildman–Crippen MR) is 67.4 cm³/mol. The lowest BCUT2D eigenvalue weighted by Gasteiger charge is -2.10. The van der Waals surface area contributed by atoms with Crippen molar-refractivity contribution in [1.82, 2.24) is 14.9 Å². The van der Waals surface area contributed by atoms with Crippen LogP contribution in [0.25, 0.3) is 0 Å². The molecule has 1 unspecified atom stereocenters. The van der Waals surface area contributed by atoms with E-state index in [0.29, 0.717) is 0 Å². The summed E-state index contributed by atoms with van der Waals surface area (Å²) >= 11 is 2.36. The van der Waals surface area contributed by atoms with Gasteiger partial charge in [-0.05, 0) is 29.3 Å². The molecular formula is C8H10N4O2S3. The Balaban J connectivity index is 2.18. The number of nitrogen functional groups attached to an aromatic ring is 1. The zero-order valence-electron chi connectivity index (χ0n) is 8.82. The number of nitrogens with one attached hydrogen (secondary N) is 1. The van der Waals surface area contributed by atoms with Gasteiger partial charge in [-0.2, -0.15) is 11.3 Å². The van der Waals surface area contributed by atoms with Crippen molar-refractivity contribution >= 4 is 37.8 Å². The number of thiophene rings is 1. The van der Waals surface area contributed by atoms with Gasteiger partial charge in [-0.25, -0.2) is 13.1 Å². The first kappa shape index (κ1) is 12.4. The summed E-state index contributed by atoms with van der Waals surface area (Å²) in [7, 11) is -3.65. The van der Waals surface area contributed by atoms with Crippen molar-refractivity contribution in [2.75, 3.05) is 5.73 Å². The van der Waals surface area contributed by atoms with E-state index in [-0.39, 0.29) is 15.5 Å². The highest BCUT2D eigenvalue weighted by atomic mass is 32.2. The molecule has 2 aromatic heterocycles. The lowest BCUT2D eigenvalue weighted by molar-refractivity contribution is 0.565. The molecule has 0 saturated carbocycles. The van der Waals surface area contributed by atoms with Crippen molar-refractivity contribution in [1.29, 1.82) is 0 Å². The van der Waals surface area contributed by atoms with E-state index in [0.717, 1.165) is 16.9 Å². The summed E-state index contributed by atoms with van der Waals surface area (Å²) in [6.45, 7) is 1.77. The van der Waals surface area contributed by atoms with Crippen molar-refractivity contribution in [3.8, 4) is 0 Å². The molecule has 92 valence electrons. The lowest BCUT2D eigenvalue weighted by Crippen LogP contribution is -2.26. The van der Waals surface area contributed by atoms with E-state index >= 15 is 0 Å². The molecule has 2 aromatic rings. The number of rotatable bonds is 4. The first-order valence-electron chi connectivity index (χ1n) is 4.62. The first-order valence-corrected chi connectivity index (χ1v) is 7.86. The van der Waals surface area contributed by atoms with Crippen molar-refractivity contribution in [2.45, 2.75) is 17.3 Å². The van der Waals surface area contributed by atoms with Crippen molar-refractivity contribution in [2.24, 2.45) is 0 Å². The predicted octanol–water partition coefficient (Wildman–Crippen LogP) is 1.22. The summed E-state index contributed by atoms with van der Waals surface area (Å²) in [5.41, 5.74) is 6.27. The number of nitrogens with two attached hydrogens (primary N) is 1. The molecular weight excluding hydrogens is 280 g/mol. The van der Waals surface area contributed by atoms with Gasteiger partial charge >= 0.3 is 0 Å². The van der Waals surface area contributed by atoms with Crippen LogP contribution in [0.1, 0.15) is 18.5 Å². The molecule has 0 aliphatic carbocycles. The number of hydrogen-bond donors (Lipinski definition) is 2. The summed E-state index contributed by atoms with van der Waals surface area (Å²) in [6, 6.07) is 1.56. The van der Waals surface area contributed by atoms with Gasteiger partial charge in [0, 0.05) is 6.04 Å². The Morgan fingerprint density at radius 2 is 2.24 bits per heavy atom. The lowest BCUT2D eigenvalue weighted by atomic mass is 10.2. The quantitative estimate of drug-likeness (QED) is 0.882. The zero-order valence-corrected chi connectivity index (χ0v) is 11.3. The molecule has 0 fully saturated rings. The van der Waals surface area contributed by atoms with Crippen LogP contribution in [-0.2, 0) is 10.0 Å². The van der Waals surface area contributed by atoms with Crippen molar-refractivity contribution < 1.29 is 8.42 Å². The summed E-state index contributed by atoms with van der Waals surface area (Å²) in [5.74, 6) is 0. The largest absolute Gasteiger partial charge is 0.374 e. The van der Waals surface area contributed by atoms with E-state index in [1.54, 1.807) is 6.92 Å². The Morgan fingerprint density at radius 3 is 2.76 bits per heavy atom. The summed E-state index contributed by atoms with van der Waals surface area (Å²) in [6.07, 6.45) is 0. The molecule has 0 spiro atoms. The number of aromatic nitrogens is 2. The van der Waals surface area contributed by atoms with Gasteiger partial charge in [0.15, 0.2) is 0 Å². The Labute approximate surface area is 107 Å². The fraction of sp³-hybridized carbons (Fsp3) is 0.250. The molecule has 0 bridgehead atoms. The van der Waals surface area contributed by atoms with Gasteiger partial charge in [-0.15, -0.1) is 10.2 Å². The van der Waals surface area contributed by atoms with Crippen molar-refractivity contribution in [3.63, 3.8) is 0 Å². The third-order valence-corrected chi connectivity index (χ3v) is 5.39. The van der Waals surface area contributed by atoms with Crippen LogP contribution < -0.4 is 10.5 Å². The minimum Gasteiger partial charge on any atom is -0.374 e. The number of sulfonamides is 1. The number of anilines is 1. The van der Waals surface area contributed by atoms with Crippen molar-refractivity contribution in [3.05, 3.63) is 22.4 Å². The maximum atomic E-state index is 11.9. The second-order valence-electron chi connectivity index (χ2n) is 3.31. The molecule has 2 heterocycles. The van der Waals surface area contributed by atoms with E-state index in [4.69, 9.17) is 5.73 Å². The van der Waals surface area contributed by atoms with Crippen LogP contribution in [-0.4, -0.2) is 18.6 Å². The molecule has 9 heteroatoms. The molecule has 2 rings (SSSR count). The Bertz CT molecular complexity index is 590. The van der Waals surface area contributed by atoms with Gasteiger partial charge in [0.05, 0.1) is 0 Å². The summed E-state index contributed by atoms with van der Waals surface area (Å²) in [4.78, 5) is 0. The maximum absolute atomic E-state index is 11.9. The minimum absolute atomic E-state index is 0.114. The Morgan fingerprint density at radius 1 is 1.47 bits per heavy atom. The standard InChI is InChI=1S/C8H10N4O2S3/c1-5(6-2-3-15-4-6)12-17(13,14)8-11-10-7(9)16-8/h2-5,12H,1H3,(H2,9,10). The number of nitrogens with zero attached hydrogens (tertiary/aromatic N) is 2. The molecule has 6 nitrogen and oxygen atoms in total. The third kappa shape index (κ3) is 2.80. The van der Waals surface area contributed by atoms with Crippen LogP contribution in [0.2, 0.25) is 0 Å². The zero-order chi connectivity index (χ0) is 12.5. The van der Waals surface area contributed by atoms with Gasteiger partial charge in [0.1, 0.15) is 0 Å². The number of hydrogen-bond acceptors (Lipinski definition) is 7.